The van der Waals surface area contributed by atoms with E-state index in [1.165, 1.54) is 0 Å². The summed E-state index contributed by atoms with van der Waals surface area (Å²) >= 11 is 0. The number of nitrogens with zero attached hydrogens (tertiary/aromatic N) is 1. The Hall–Kier alpha value is -0.910. The second-order valence-electron chi connectivity index (χ2n) is 6.77. The highest BCUT2D eigenvalue weighted by atomic mass is 32.2. The first-order chi connectivity index (χ1) is 9.64. The van der Waals surface area contributed by atoms with Crippen molar-refractivity contribution < 1.29 is 13.2 Å². The van der Waals surface area contributed by atoms with Crippen molar-refractivity contribution in [2.75, 3.05) is 19.8 Å². The van der Waals surface area contributed by atoms with Gasteiger partial charge in [0.15, 0.2) is 0 Å². The summed E-state index contributed by atoms with van der Waals surface area (Å²) in [7, 11) is -3.47. The fourth-order valence-electron chi connectivity index (χ4n) is 2.54. The van der Waals surface area contributed by atoms with Crippen molar-refractivity contribution in [3.8, 4) is 0 Å². The van der Waals surface area contributed by atoms with Gasteiger partial charge in [0, 0.05) is 12.6 Å². The summed E-state index contributed by atoms with van der Waals surface area (Å²) in [6, 6.07) is 5.61. The Morgan fingerprint density at radius 2 is 1.95 bits per heavy atom. The van der Waals surface area contributed by atoms with Crippen molar-refractivity contribution >= 4 is 10.0 Å². The van der Waals surface area contributed by atoms with Gasteiger partial charge in [-0.2, -0.15) is 4.31 Å². The lowest BCUT2D eigenvalue weighted by atomic mass is 9.87. The Labute approximate surface area is 128 Å². The summed E-state index contributed by atoms with van der Waals surface area (Å²) in [6.45, 7) is 11.3. The molecule has 5 heteroatoms. The van der Waals surface area contributed by atoms with Gasteiger partial charge in [-0.25, -0.2) is 8.42 Å². The summed E-state index contributed by atoms with van der Waals surface area (Å²) in [5.41, 5.74) is 1.75. The van der Waals surface area contributed by atoms with Gasteiger partial charge in [-0.1, -0.05) is 32.9 Å². The highest BCUT2D eigenvalue weighted by Gasteiger charge is 2.33. The molecule has 0 aliphatic carbocycles. The van der Waals surface area contributed by atoms with Gasteiger partial charge < -0.3 is 4.74 Å². The van der Waals surface area contributed by atoms with E-state index in [2.05, 4.69) is 20.8 Å². The molecule has 0 amide bonds. The third-order valence-corrected chi connectivity index (χ3v) is 6.10. The molecule has 1 heterocycles. The molecular formula is C16H25NO3S. The standard InChI is InChI=1S/C16H25NO3S/c1-12-6-7-14(16(3,4)5)10-15(12)21(18,19)17-8-9-20-11-13(17)2/h6-7,10,13H,8-9,11H2,1-5H3. The van der Waals surface area contributed by atoms with Crippen LogP contribution in [0.1, 0.15) is 38.8 Å². The molecule has 21 heavy (non-hydrogen) atoms. The van der Waals surface area contributed by atoms with Crippen molar-refractivity contribution in [1.29, 1.82) is 0 Å². The molecule has 2 rings (SSSR count). The van der Waals surface area contributed by atoms with Crippen LogP contribution < -0.4 is 0 Å². The van der Waals surface area contributed by atoms with Crippen molar-refractivity contribution in [2.24, 2.45) is 0 Å². The van der Waals surface area contributed by atoms with Crippen LogP contribution in [-0.2, 0) is 20.2 Å². The first-order valence-electron chi connectivity index (χ1n) is 7.35. The molecule has 118 valence electrons. The highest BCUT2D eigenvalue weighted by molar-refractivity contribution is 7.89. The van der Waals surface area contributed by atoms with E-state index in [0.717, 1.165) is 11.1 Å². The molecule has 1 aromatic carbocycles. The molecule has 1 aliphatic heterocycles. The Morgan fingerprint density at radius 3 is 2.52 bits per heavy atom. The van der Waals surface area contributed by atoms with Crippen LogP contribution in [0.3, 0.4) is 0 Å². The van der Waals surface area contributed by atoms with E-state index < -0.39 is 10.0 Å². The lowest BCUT2D eigenvalue weighted by Gasteiger charge is -2.33. The first-order valence-corrected chi connectivity index (χ1v) is 8.79. The number of morpholine rings is 1. The molecule has 1 aromatic rings. The van der Waals surface area contributed by atoms with Crippen LogP contribution >= 0.6 is 0 Å². The molecule has 0 spiro atoms. The number of aryl methyl sites for hydroxylation is 1. The van der Waals surface area contributed by atoms with E-state index in [0.29, 0.717) is 24.7 Å². The maximum Gasteiger partial charge on any atom is 0.243 e. The van der Waals surface area contributed by atoms with E-state index in [4.69, 9.17) is 4.74 Å². The van der Waals surface area contributed by atoms with Crippen LogP contribution in [0.5, 0.6) is 0 Å². The number of hydrogen-bond acceptors (Lipinski definition) is 3. The number of hydrogen-bond donors (Lipinski definition) is 0. The lowest BCUT2D eigenvalue weighted by Crippen LogP contribution is -2.47. The zero-order valence-electron chi connectivity index (χ0n) is 13.5. The summed E-state index contributed by atoms with van der Waals surface area (Å²) in [5.74, 6) is 0. The third-order valence-electron chi connectivity index (χ3n) is 3.95. The van der Waals surface area contributed by atoms with Crippen molar-refractivity contribution in [3.63, 3.8) is 0 Å². The molecule has 0 aromatic heterocycles. The highest BCUT2D eigenvalue weighted by Crippen LogP contribution is 2.29. The minimum atomic E-state index is -3.47. The van der Waals surface area contributed by atoms with Crippen molar-refractivity contribution in [1.82, 2.24) is 4.31 Å². The molecule has 1 fully saturated rings. The Balaban J connectivity index is 2.49. The van der Waals surface area contributed by atoms with Crippen LogP contribution in [0.2, 0.25) is 0 Å². The summed E-state index contributed by atoms with van der Waals surface area (Å²) < 4.78 is 32.8. The summed E-state index contributed by atoms with van der Waals surface area (Å²) in [6.07, 6.45) is 0. The smallest absolute Gasteiger partial charge is 0.243 e. The SMILES string of the molecule is Cc1ccc(C(C)(C)C)cc1S(=O)(=O)N1CCOCC1C. The Morgan fingerprint density at radius 1 is 1.29 bits per heavy atom. The van der Waals surface area contributed by atoms with E-state index in [1.54, 1.807) is 4.31 Å². The lowest BCUT2D eigenvalue weighted by molar-refractivity contribution is 0.0392. The van der Waals surface area contributed by atoms with E-state index in [1.807, 2.05) is 32.0 Å². The van der Waals surface area contributed by atoms with Crippen LogP contribution in [-0.4, -0.2) is 38.5 Å². The van der Waals surface area contributed by atoms with E-state index >= 15 is 0 Å². The molecule has 0 saturated carbocycles. The molecule has 0 bridgehead atoms. The minimum Gasteiger partial charge on any atom is -0.378 e. The first kappa shape index (κ1) is 16.5. The Kier molecular flexibility index (Phi) is 4.47. The van der Waals surface area contributed by atoms with Gasteiger partial charge in [-0.05, 0) is 36.5 Å². The second kappa shape index (κ2) is 5.71. The average molecular weight is 311 g/mol. The van der Waals surface area contributed by atoms with Crippen molar-refractivity contribution in [3.05, 3.63) is 29.3 Å². The minimum absolute atomic E-state index is 0.0748. The largest absolute Gasteiger partial charge is 0.378 e. The molecule has 4 nitrogen and oxygen atoms in total. The van der Waals surface area contributed by atoms with E-state index in [9.17, 15) is 8.42 Å². The topological polar surface area (TPSA) is 46.6 Å². The van der Waals surface area contributed by atoms with Crippen LogP contribution in [0.25, 0.3) is 0 Å². The van der Waals surface area contributed by atoms with Gasteiger partial charge in [0.05, 0.1) is 18.1 Å². The molecular weight excluding hydrogens is 286 g/mol. The van der Waals surface area contributed by atoms with Gasteiger partial charge >= 0.3 is 0 Å². The fourth-order valence-corrected chi connectivity index (χ4v) is 4.39. The summed E-state index contributed by atoms with van der Waals surface area (Å²) in [4.78, 5) is 0.420. The van der Waals surface area contributed by atoms with Gasteiger partial charge in [0.25, 0.3) is 0 Å². The Bertz CT molecular complexity index is 617. The van der Waals surface area contributed by atoms with Gasteiger partial charge in [-0.3, -0.25) is 0 Å². The van der Waals surface area contributed by atoms with Crippen LogP contribution in [0, 0.1) is 6.92 Å². The molecule has 0 N–H and O–H groups in total. The zero-order chi connectivity index (χ0) is 15.8. The molecule has 1 aliphatic rings. The van der Waals surface area contributed by atoms with Crippen LogP contribution in [0.4, 0.5) is 0 Å². The predicted molar refractivity (Wildman–Crippen MR) is 84.1 cm³/mol. The predicted octanol–water partition coefficient (Wildman–Crippen LogP) is 2.70. The molecule has 1 unspecified atom stereocenters. The number of ether oxygens (including phenoxy) is 1. The van der Waals surface area contributed by atoms with Gasteiger partial charge in [0.1, 0.15) is 0 Å². The quantitative estimate of drug-likeness (QED) is 0.843. The normalized spacial score (nSPS) is 21.5. The second-order valence-corrected chi connectivity index (χ2v) is 8.63. The number of benzene rings is 1. The monoisotopic (exact) mass is 311 g/mol. The third kappa shape index (κ3) is 3.30. The maximum absolute atomic E-state index is 13.0. The number of rotatable bonds is 2. The van der Waals surface area contributed by atoms with Gasteiger partial charge in [-0.15, -0.1) is 0 Å². The van der Waals surface area contributed by atoms with Gasteiger partial charge in [0.2, 0.25) is 10.0 Å². The maximum atomic E-state index is 13.0. The molecule has 1 saturated heterocycles. The molecule has 0 radical (unpaired) electrons. The average Bonchev–Trinajstić information content (AvgIpc) is 2.37. The van der Waals surface area contributed by atoms with Crippen LogP contribution in [0.15, 0.2) is 23.1 Å². The fraction of sp³-hybridized carbons (Fsp3) is 0.625. The number of sulfonamides is 1. The molecule has 1 atom stereocenters. The van der Waals surface area contributed by atoms with Crippen molar-refractivity contribution in [2.45, 2.75) is 51.0 Å². The zero-order valence-corrected chi connectivity index (χ0v) is 14.3. The summed E-state index contributed by atoms with van der Waals surface area (Å²) in [5, 5.41) is 0. The van der Waals surface area contributed by atoms with E-state index in [-0.39, 0.29) is 11.5 Å².